The Balaban J connectivity index is 1.27. The van der Waals surface area contributed by atoms with Gasteiger partial charge in [-0.2, -0.15) is 0 Å². The first-order valence-corrected chi connectivity index (χ1v) is 13.4. The first-order valence-electron chi connectivity index (χ1n) is 12.5. The predicted molar refractivity (Wildman–Crippen MR) is 140 cm³/mol. The zero-order chi connectivity index (χ0) is 25.4. The Morgan fingerprint density at radius 3 is 2.54 bits per heavy atom. The molecule has 3 N–H and O–H groups in total. The topological polar surface area (TPSA) is 110 Å². The van der Waals surface area contributed by atoms with Gasteiger partial charge in [0.25, 0.3) is 5.91 Å². The van der Waals surface area contributed by atoms with Crippen molar-refractivity contribution in [2.24, 2.45) is 5.73 Å². The normalized spacial score (nSPS) is 22.7. The van der Waals surface area contributed by atoms with Crippen LogP contribution in [0.4, 0.5) is 5.13 Å². The van der Waals surface area contributed by atoms with Crippen LogP contribution < -0.4 is 20.7 Å². The Morgan fingerprint density at radius 2 is 1.81 bits per heavy atom. The molecule has 192 valence electrons. The number of benzene rings is 2. The van der Waals surface area contributed by atoms with Crippen LogP contribution in [0.5, 0.6) is 11.5 Å². The van der Waals surface area contributed by atoms with E-state index in [-0.39, 0.29) is 23.7 Å². The summed E-state index contributed by atoms with van der Waals surface area (Å²) < 4.78 is 12.5. The molecule has 2 fully saturated rings. The molecule has 3 heterocycles. The van der Waals surface area contributed by atoms with Crippen molar-refractivity contribution >= 4 is 28.3 Å². The van der Waals surface area contributed by atoms with Gasteiger partial charge in [0.05, 0.1) is 25.3 Å². The van der Waals surface area contributed by atoms with Crippen LogP contribution in [-0.2, 0) is 22.7 Å². The summed E-state index contributed by atoms with van der Waals surface area (Å²) in [5.41, 5.74) is 7.74. The minimum Gasteiger partial charge on any atom is -0.457 e. The second kappa shape index (κ2) is 10.1. The van der Waals surface area contributed by atoms with E-state index in [1.807, 2.05) is 47.4 Å². The summed E-state index contributed by atoms with van der Waals surface area (Å²) in [6.45, 7) is 2.46. The summed E-state index contributed by atoms with van der Waals surface area (Å²) in [7, 11) is 0. The van der Waals surface area contributed by atoms with Crippen LogP contribution in [0.15, 0.2) is 53.9 Å². The molecule has 9 nitrogen and oxygen atoms in total. The van der Waals surface area contributed by atoms with E-state index in [9.17, 15) is 9.59 Å². The summed E-state index contributed by atoms with van der Waals surface area (Å²) in [4.78, 5) is 33.5. The van der Waals surface area contributed by atoms with E-state index in [2.05, 4.69) is 21.3 Å². The Bertz CT molecular complexity index is 1310. The number of primary amides is 1. The molecule has 4 bridgehead atoms. The molecule has 2 aromatic carbocycles. The molecule has 0 radical (unpaired) electrons. The first-order chi connectivity index (χ1) is 18.0. The van der Waals surface area contributed by atoms with Gasteiger partial charge < -0.3 is 25.4 Å². The largest absolute Gasteiger partial charge is 0.457 e. The molecule has 3 aliphatic rings. The molecular formula is C27H29N5O4S. The zero-order valence-electron chi connectivity index (χ0n) is 20.3. The number of nitrogens with one attached hydrogen (secondary N) is 1. The third kappa shape index (κ3) is 5.61. The molecule has 1 aliphatic carbocycles. The maximum atomic E-state index is 13.2. The van der Waals surface area contributed by atoms with Crippen molar-refractivity contribution in [1.82, 2.24) is 15.2 Å². The number of ether oxygens (including phenoxy) is 2. The van der Waals surface area contributed by atoms with Crippen LogP contribution in [0.2, 0.25) is 0 Å². The van der Waals surface area contributed by atoms with Crippen LogP contribution in [0.25, 0.3) is 0 Å². The van der Waals surface area contributed by atoms with Crippen LogP contribution in [0, 0.1) is 0 Å². The minimum atomic E-state index is -0.552. The second-order valence-electron chi connectivity index (χ2n) is 9.84. The average molecular weight is 520 g/mol. The Labute approximate surface area is 219 Å². The standard InChI is InChI=1S/C27H29N5O4S/c28-26(34)23-16-37-27(30-23)32-12-22-24(13-32)35-15-18-4-2-6-21(10-18)36-20-5-1-3-17(9-20)11-31(19-7-8-19)14-25(33)29-22/h1-6,9-10,16,19,22,24H,7-8,11-15H2,(H2,28,34)(H,29,33)/t22-,24-/m0/s1. The molecule has 1 saturated heterocycles. The van der Waals surface area contributed by atoms with Crippen LogP contribution in [0.1, 0.15) is 34.5 Å². The van der Waals surface area contributed by atoms with Crippen molar-refractivity contribution < 1.29 is 19.1 Å². The number of rotatable bonds is 3. The number of nitrogens with zero attached hydrogens (tertiary/aromatic N) is 3. The van der Waals surface area contributed by atoms with E-state index in [0.717, 1.165) is 35.5 Å². The van der Waals surface area contributed by atoms with Crippen LogP contribution in [-0.4, -0.2) is 59.5 Å². The molecule has 1 saturated carbocycles. The number of carbonyl (C=O) groups excluding carboxylic acids is 2. The van der Waals surface area contributed by atoms with Gasteiger partial charge >= 0.3 is 0 Å². The van der Waals surface area contributed by atoms with Crippen LogP contribution >= 0.6 is 11.3 Å². The number of aromatic nitrogens is 1. The van der Waals surface area contributed by atoms with E-state index < -0.39 is 5.91 Å². The fraction of sp³-hybridized carbons (Fsp3) is 0.370. The molecule has 6 rings (SSSR count). The predicted octanol–water partition coefficient (Wildman–Crippen LogP) is 2.90. The Hall–Kier alpha value is -3.47. The highest BCUT2D eigenvalue weighted by Crippen LogP contribution is 2.31. The summed E-state index contributed by atoms with van der Waals surface area (Å²) in [5.74, 6) is 0.951. The second-order valence-corrected chi connectivity index (χ2v) is 10.7. The summed E-state index contributed by atoms with van der Waals surface area (Å²) in [5, 5.41) is 5.58. The van der Waals surface area contributed by atoms with Gasteiger partial charge in [-0.25, -0.2) is 4.98 Å². The number of fused-ring (bicyclic) bond motifs is 5. The van der Waals surface area contributed by atoms with Gasteiger partial charge in [-0.05, 0) is 48.2 Å². The lowest BCUT2D eigenvalue weighted by Gasteiger charge is -2.25. The third-order valence-corrected chi connectivity index (χ3v) is 7.82. The van der Waals surface area contributed by atoms with E-state index >= 15 is 0 Å². The molecule has 1 aromatic heterocycles. The van der Waals surface area contributed by atoms with Gasteiger partial charge in [0.1, 0.15) is 17.2 Å². The molecule has 37 heavy (non-hydrogen) atoms. The lowest BCUT2D eigenvalue weighted by Crippen LogP contribution is -2.48. The van der Waals surface area contributed by atoms with E-state index in [1.165, 1.54) is 11.3 Å². The van der Waals surface area contributed by atoms with Gasteiger partial charge in [0.15, 0.2) is 5.13 Å². The fourth-order valence-corrected chi connectivity index (χ4v) is 5.77. The Kier molecular flexibility index (Phi) is 6.54. The number of hydrogen-bond donors (Lipinski definition) is 2. The summed E-state index contributed by atoms with van der Waals surface area (Å²) in [6.07, 6.45) is 1.96. The molecule has 2 amide bonds. The highest BCUT2D eigenvalue weighted by Gasteiger charge is 2.37. The number of carbonyl (C=O) groups is 2. The van der Waals surface area contributed by atoms with Crippen LogP contribution in [0.3, 0.4) is 0 Å². The molecule has 10 heteroatoms. The van der Waals surface area contributed by atoms with E-state index in [0.29, 0.717) is 44.0 Å². The van der Waals surface area contributed by atoms with Crippen molar-refractivity contribution in [2.75, 3.05) is 24.5 Å². The van der Waals surface area contributed by atoms with Gasteiger partial charge in [0.2, 0.25) is 5.91 Å². The van der Waals surface area contributed by atoms with Crippen molar-refractivity contribution in [3.8, 4) is 11.5 Å². The maximum Gasteiger partial charge on any atom is 0.268 e. The minimum absolute atomic E-state index is 0.0224. The van der Waals surface area contributed by atoms with Gasteiger partial charge in [-0.1, -0.05) is 24.3 Å². The van der Waals surface area contributed by atoms with Crippen molar-refractivity contribution in [3.05, 3.63) is 70.7 Å². The van der Waals surface area contributed by atoms with E-state index in [1.54, 1.807) is 5.38 Å². The monoisotopic (exact) mass is 519 g/mol. The van der Waals surface area contributed by atoms with Crippen molar-refractivity contribution in [3.63, 3.8) is 0 Å². The lowest BCUT2D eigenvalue weighted by molar-refractivity contribution is -0.124. The number of nitrogens with two attached hydrogens (primary N) is 1. The molecule has 2 aliphatic heterocycles. The molecule has 2 atom stereocenters. The van der Waals surface area contributed by atoms with E-state index in [4.69, 9.17) is 15.2 Å². The number of amides is 2. The number of hydrogen-bond acceptors (Lipinski definition) is 8. The summed E-state index contributed by atoms with van der Waals surface area (Å²) in [6, 6.07) is 16.1. The quantitative estimate of drug-likeness (QED) is 0.548. The highest BCUT2D eigenvalue weighted by atomic mass is 32.1. The molecule has 0 spiro atoms. The smallest absolute Gasteiger partial charge is 0.268 e. The molecular weight excluding hydrogens is 490 g/mol. The van der Waals surface area contributed by atoms with Crippen molar-refractivity contribution in [1.29, 1.82) is 0 Å². The fourth-order valence-electron chi connectivity index (χ4n) is 4.93. The number of anilines is 1. The van der Waals surface area contributed by atoms with Gasteiger partial charge in [-0.3, -0.25) is 14.5 Å². The molecule has 0 unspecified atom stereocenters. The molecule has 3 aromatic rings. The van der Waals surface area contributed by atoms with Gasteiger partial charge in [-0.15, -0.1) is 11.3 Å². The van der Waals surface area contributed by atoms with Gasteiger partial charge in [0, 0.05) is 31.1 Å². The lowest BCUT2D eigenvalue weighted by atomic mass is 10.1. The average Bonchev–Trinajstić information content (AvgIpc) is 3.46. The Morgan fingerprint density at radius 1 is 1.05 bits per heavy atom. The zero-order valence-corrected chi connectivity index (χ0v) is 21.2. The van der Waals surface area contributed by atoms with Crippen molar-refractivity contribution in [2.45, 2.75) is 44.2 Å². The SMILES string of the molecule is NC(=O)c1csc(N2C[C@@H]3NC(=O)CN(C4CC4)Cc4cccc(c4)Oc4cccc(c4)CO[C@H]3C2)n1. The first kappa shape index (κ1) is 23.9. The highest BCUT2D eigenvalue weighted by molar-refractivity contribution is 7.13. The maximum absolute atomic E-state index is 13.2. The number of thiazole rings is 1. The third-order valence-electron chi connectivity index (χ3n) is 6.92. The summed E-state index contributed by atoms with van der Waals surface area (Å²) >= 11 is 1.37.